The largest absolute Gasteiger partial charge is 0.496 e. The van der Waals surface area contributed by atoms with Crippen LogP contribution in [-0.4, -0.2) is 35.8 Å². The second-order valence-corrected chi connectivity index (χ2v) is 12.9. The third-order valence-electron chi connectivity index (χ3n) is 5.74. The predicted octanol–water partition coefficient (Wildman–Crippen LogP) is 7.01. The minimum atomic E-state index is -1.56. The Morgan fingerprint density at radius 3 is 1.90 bits per heavy atom. The van der Waals surface area contributed by atoms with E-state index in [2.05, 4.69) is 26.9 Å². The normalized spacial score (nSPS) is 12.7. The van der Waals surface area contributed by atoms with Gasteiger partial charge in [0, 0.05) is 23.8 Å². The van der Waals surface area contributed by atoms with Gasteiger partial charge in [-0.15, -0.1) is 0 Å². The van der Waals surface area contributed by atoms with Gasteiger partial charge in [0.25, 0.3) is 0 Å². The van der Waals surface area contributed by atoms with Crippen LogP contribution in [0.4, 0.5) is 0 Å². The van der Waals surface area contributed by atoms with Gasteiger partial charge in [-0.3, -0.25) is 0 Å². The first-order chi connectivity index (χ1) is 13.9. The second kappa shape index (κ2) is 13.9. The van der Waals surface area contributed by atoms with Crippen LogP contribution >= 0.6 is 0 Å². The van der Waals surface area contributed by atoms with Crippen LogP contribution in [0.3, 0.4) is 0 Å². The molecular formula is C24H44O4Si. The standard InChI is InChI=1S/C24H44O4Si/c1-8-10-11-12-13-15-20(28-29(6,7)9-2)16-14-17-22-23(26-4)18-21(25-3)19-24(22)27-5/h18-20H,8-17H2,1-7H3. The van der Waals surface area contributed by atoms with Gasteiger partial charge in [0.2, 0.25) is 0 Å². The maximum Gasteiger partial charge on any atom is 0.186 e. The summed E-state index contributed by atoms with van der Waals surface area (Å²) in [6, 6.07) is 5.04. The molecule has 168 valence electrons. The van der Waals surface area contributed by atoms with Crippen molar-refractivity contribution < 1.29 is 18.6 Å². The molecule has 0 aliphatic heterocycles. The van der Waals surface area contributed by atoms with E-state index in [1.54, 1.807) is 21.3 Å². The Labute approximate surface area is 180 Å². The van der Waals surface area contributed by atoms with Crippen molar-refractivity contribution >= 4 is 8.32 Å². The zero-order chi connectivity index (χ0) is 21.7. The van der Waals surface area contributed by atoms with Gasteiger partial charge in [0.1, 0.15) is 17.2 Å². The summed E-state index contributed by atoms with van der Waals surface area (Å²) in [5.41, 5.74) is 1.12. The summed E-state index contributed by atoms with van der Waals surface area (Å²) in [7, 11) is 3.51. The SMILES string of the molecule is CCCCCCCC(CCCc1c(OC)cc(OC)cc1OC)O[Si](C)(C)CC. The molecule has 1 aromatic carbocycles. The van der Waals surface area contributed by atoms with Crippen molar-refractivity contribution in [3.63, 3.8) is 0 Å². The summed E-state index contributed by atoms with van der Waals surface area (Å²) >= 11 is 0. The maximum atomic E-state index is 6.64. The van der Waals surface area contributed by atoms with Crippen LogP contribution in [0.1, 0.15) is 70.8 Å². The summed E-state index contributed by atoms with van der Waals surface area (Å²) in [5, 5.41) is 0. The Morgan fingerprint density at radius 1 is 0.793 bits per heavy atom. The van der Waals surface area contributed by atoms with E-state index in [9.17, 15) is 0 Å². The zero-order valence-electron chi connectivity index (χ0n) is 19.9. The zero-order valence-corrected chi connectivity index (χ0v) is 20.9. The van der Waals surface area contributed by atoms with Gasteiger partial charge in [0.15, 0.2) is 8.32 Å². The summed E-state index contributed by atoms with van der Waals surface area (Å²) in [6.45, 7) is 9.21. The highest BCUT2D eigenvalue weighted by Gasteiger charge is 2.24. The molecule has 0 radical (unpaired) electrons. The average molecular weight is 425 g/mol. The second-order valence-electron chi connectivity index (χ2n) is 8.46. The molecule has 0 saturated heterocycles. The van der Waals surface area contributed by atoms with Crippen molar-refractivity contribution in [1.82, 2.24) is 0 Å². The minimum absolute atomic E-state index is 0.369. The summed E-state index contributed by atoms with van der Waals surface area (Å²) in [6.07, 6.45) is 11.2. The van der Waals surface area contributed by atoms with E-state index >= 15 is 0 Å². The van der Waals surface area contributed by atoms with Crippen LogP contribution < -0.4 is 14.2 Å². The molecule has 0 amide bonds. The van der Waals surface area contributed by atoms with Crippen LogP contribution in [0.15, 0.2) is 12.1 Å². The first-order valence-corrected chi connectivity index (χ1v) is 14.5. The van der Waals surface area contributed by atoms with Gasteiger partial charge in [0.05, 0.1) is 21.3 Å². The molecule has 0 heterocycles. The van der Waals surface area contributed by atoms with Crippen molar-refractivity contribution in [2.24, 2.45) is 0 Å². The Balaban J connectivity index is 2.73. The predicted molar refractivity (Wildman–Crippen MR) is 125 cm³/mol. The molecule has 0 saturated carbocycles. The minimum Gasteiger partial charge on any atom is -0.496 e. The van der Waals surface area contributed by atoms with Gasteiger partial charge in [-0.05, 0) is 44.8 Å². The molecule has 0 aliphatic carbocycles. The van der Waals surface area contributed by atoms with Crippen molar-refractivity contribution in [1.29, 1.82) is 0 Å². The lowest BCUT2D eigenvalue weighted by Crippen LogP contribution is -2.34. The molecular weight excluding hydrogens is 380 g/mol. The Hall–Kier alpha value is -1.20. The van der Waals surface area contributed by atoms with E-state index in [1.165, 1.54) is 44.6 Å². The number of unbranched alkanes of at least 4 members (excludes halogenated alkanes) is 4. The molecule has 1 atom stereocenters. The van der Waals surface area contributed by atoms with Gasteiger partial charge in [-0.1, -0.05) is 46.0 Å². The first-order valence-electron chi connectivity index (χ1n) is 11.4. The smallest absolute Gasteiger partial charge is 0.186 e. The van der Waals surface area contributed by atoms with Gasteiger partial charge in [-0.2, -0.15) is 0 Å². The summed E-state index contributed by atoms with van der Waals surface area (Å²) in [4.78, 5) is 0. The molecule has 0 aliphatic rings. The Kier molecular flexibility index (Phi) is 12.4. The average Bonchev–Trinajstić information content (AvgIpc) is 2.72. The highest BCUT2D eigenvalue weighted by Crippen LogP contribution is 2.35. The lowest BCUT2D eigenvalue weighted by Gasteiger charge is -2.29. The van der Waals surface area contributed by atoms with Crippen molar-refractivity contribution in [3.05, 3.63) is 17.7 Å². The maximum absolute atomic E-state index is 6.64. The van der Waals surface area contributed by atoms with Crippen molar-refractivity contribution in [2.75, 3.05) is 21.3 Å². The molecule has 0 aromatic heterocycles. The molecule has 5 heteroatoms. The molecule has 1 aromatic rings. The highest BCUT2D eigenvalue weighted by atomic mass is 28.4. The molecule has 0 fully saturated rings. The lowest BCUT2D eigenvalue weighted by atomic mass is 10.0. The number of hydrogen-bond acceptors (Lipinski definition) is 4. The van der Waals surface area contributed by atoms with E-state index in [0.717, 1.165) is 42.1 Å². The molecule has 29 heavy (non-hydrogen) atoms. The summed E-state index contributed by atoms with van der Waals surface area (Å²) < 4.78 is 23.2. The third-order valence-corrected chi connectivity index (χ3v) is 8.41. The molecule has 1 unspecified atom stereocenters. The lowest BCUT2D eigenvalue weighted by molar-refractivity contribution is 0.164. The van der Waals surface area contributed by atoms with E-state index in [-0.39, 0.29) is 0 Å². The molecule has 1 rings (SSSR count). The van der Waals surface area contributed by atoms with Crippen LogP contribution in [0.5, 0.6) is 17.2 Å². The molecule has 4 nitrogen and oxygen atoms in total. The van der Waals surface area contributed by atoms with E-state index in [0.29, 0.717) is 6.10 Å². The molecule has 0 spiro atoms. The fraction of sp³-hybridized carbons (Fsp3) is 0.750. The third kappa shape index (κ3) is 9.43. The van der Waals surface area contributed by atoms with Crippen LogP contribution in [-0.2, 0) is 10.8 Å². The number of benzene rings is 1. The topological polar surface area (TPSA) is 36.9 Å². The van der Waals surface area contributed by atoms with Crippen LogP contribution in [0.25, 0.3) is 0 Å². The van der Waals surface area contributed by atoms with Gasteiger partial charge < -0.3 is 18.6 Å². The fourth-order valence-electron chi connectivity index (χ4n) is 3.60. The number of hydrogen-bond donors (Lipinski definition) is 0. The van der Waals surface area contributed by atoms with E-state index in [4.69, 9.17) is 18.6 Å². The van der Waals surface area contributed by atoms with Crippen molar-refractivity contribution in [3.8, 4) is 17.2 Å². The quantitative estimate of drug-likeness (QED) is 0.211. The van der Waals surface area contributed by atoms with Gasteiger partial charge in [-0.25, -0.2) is 0 Å². The molecule has 0 N–H and O–H groups in total. The Bertz CT molecular complexity index is 549. The summed E-state index contributed by atoms with van der Waals surface area (Å²) in [5.74, 6) is 2.43. The first kappa shape index (κ1) is 25.8. The van der Waals surface area contributed by atoms with E-state index in [1.807, 2.05) is 12.1 Å². The molecule has 0 bridgehead atoms. The fourth-order valence-corrected chi connectivity index (χ4v) is 4.91. The van der Waals surface area contributed by atoms with Crippen LogP contribution in [0, 0.1) is 0 Å². The monoisotopic (exact) mass is 424 g/mol. The number of ether oxygens (including phenoxy) is 3. The van der Waals surface area contributed by atoms with E-state index < -0.39 is 8.32 Å². The van der Waals surface area contributed by atoms with Crippen molar-refractivity contribution in [2.45, 2.75) is 96.9 Å². The number of rotatable bonds is 16. The van der Waals surface area contributed by atoms with Crippen LogP contribution in [0.2, 0.25) is 19.1 Å². The number of methoxy groups -OCH3 is 3. The van der Waals surface area contributed by atoms with Gasteiger partial charge >= 0.3 is 0 Å². The highest BCUT2D eigenvalue weighted by molar-refractivity contribution is 6.71. The Morgan fingerprint density at radius 2 is 1.38 bits per heavy atom.